The number of hydrogen-bond donors (Lipinski definition) is 0. The quantitative estimate of drug-likeness (QED) is 0.844. The summed E-state index contributed by atoms with van der Waals surface area (Å²) in [6.07, 6.45) is 3.51. The van der Waals surface area contributed by atoms with Crippen LogP contribution in [0, 0.1) is 0 Å². The Labute approximate surface area is 114 Å². The van der Waals surface area contributed by atoms with Crippen molar-refractivity contribution in [2.45, 2.75) is 32.3 Å². The van der Waals surface area contributed by atoms with Gasteiger partial charge in [0.05, 0.1) is 0 Å². The molecule has 0 aliphatic carbocycles. The topological polar surface area (TPSA) is 25.6 Å². The van der Waals surface area contributed by atoms with Crippen LogP contribution >= 0.6 is 0 Å². The average molecular weight is 259 g/mol. The fourth-order valence-electron chi connectivity index (χ4n) is 2.62. The first-order valence-corrected chi connectivity index (χ1v) is 7.12. The Morgan fingerprint density at radius 1 is 1.26 bits per heavy atom. The van der Waals surface area contributed by atoms with Crippen LogP contribution in [0.15, 0.2) is 28.7 Å². The van der Waals surface area contributed by atoms with Crippen LogP contribution in [0.4, 0.5) is 0 Å². The Bertz CT molecular complexity index is 553. The highest BCUT2D eigenvalue weighted by Crippen LogP contribution is 2.26. The molecular formula is C16H21NO2. The third-order valence-corrected chi connectivity index (χ3v) is 3.86. The lowest BCUT2D eigenvalue weighted by Crippen LogP contribution is -2.35. The lowest BCUT2D eigenvalue weighted by atomic mass is 10.1. The Morgan fingerprint density at radius 2 is 2.05 bits per heavy atom. The maximum atomic E-state index is 6.09. The van der Waals surface area contributed by atoms with Crippen LogP contribution in [0.5, 0.6) is 5.75 Å². The summed E-state index contributed by atoms with van der Waals surface area (Å²) in [5.41, 5.74) is 0.951. The predicted octanol–water partition coefficient (Wildman–Crippen LogP) is 3.47. The van der Waals surface area contributed by atoms with Crippen LogP contribution in [-0.4, -0.2) is 31.1 Å². The van der Waals surface area contributed by atoms with Gasteiger partial charge in [-0.15, -0.1) is 0 Å². The van der Waals surface area contributed by atoms with Crippen LogP contribution in [-0.2, 0) is 6.42 Å². The molecule has 1 aromatic carbocycles. The zero-order valence-corrected chi connectivity index (χ0v) is 11.7. The standard InChI is InChI=1S/C16H21NO2/c1-3-13-10-12-11-15(4-5-16(12)19-13)18-14-6-8-17(2)9-7-14/h4-5,10-11,14H,3,6-9H2,1-2H3. The molecule has 0 N–H and O–H groups in total. The van der Waals surface area contributed by atoms with E-state index in [1.54, 1.807) is 0 Å². The third-order valence-electron chi connectivity index (χ3n) is 3.86. The molecule has 2 heterocycles. The number of hydrogen-bond acceptors (Lipinski definition) is 3. The number of fused-ring (bicyclic) bond motifs is 1. The molecular weight excluding hydrogens is 238 g/mol. The molecule has 2 aromatic rings. The van der Waals surface area contributed by atoms with E-state index in [0.717, 1.165) is 54.8 Å². The van der Waals surface area contributed by atoms with Crippen LogP contribution in [0.2, 0.25) is 0 Å². The fourth-order valence-corrected chi connectivity index (χ4v) is 2.62. The lowest BCUT2D eigenvalue weighted by Gasteiger charge is -2.29. The van der Waals surface area contributed by atoms with Crippen LogP contribution in [0.1, 0.15) is 25.5 Å². The molecule has 0 radical (unpaired) electrons. The van der Waals surface area contributed by atoms with Gasteiger partial charge in [0.1, 0.15) is 23.2 Å². The van der Waals surface area contributed by atoms with E-state index in [-0.39, 0.29) is 0 Å². The third kappa shape index (κ3) is 2.76. The number of ether oxygens (including phenoxy) is 1. The first kappa shape index (κ1) is 12.5. The summed E-state index contributed by atoms with van der Waals surface area (Å²) in [5, 5.41) is 1.14. The summed E-state index contributed by atoms with van der Waals surface area (Å²) in [7, 11) is 2.17. The molecule has 1 aliphatic heterocycles. The summed E-state index contributed by atoms with van der Waals surface area (Å²) in [6.45, 7) is 4.35. The first-order valence-electron chi connectivity index (χ1n) is 7.12. The first-order chi connectivity index (χ1) is 9.24. The Kier molecular flexibility index (Phi) is 3.47. The van der Waals surface area contributed by atoms with Crippen molar-refractivity contribution in [2.75, 3.05) is 20.1 Å². The van der Waals surface area contributed by atoms with E-state index in [0.29, 0.717) is 6.10 Å². The summed E-state index contributed by atoms with van der Waals surface area (Å²) in [6, 6.07) is 8.23. The van der Waals surface area contributed by atoms with E-state index in [1.165, 1.54) is 0 Å². The second kappa shape index (κ2) is 5.25. The largest absolute Gasteiger partial charge is 0.490 e. The second-order valence-corrected chi connectivity index (χ2v) is 5.39. The summed E-state index contributed by atoms with van der Waals surface area (Å²) >= 11 is 0. The van der Waals surface area contributed by atoms with Crippen LogP contribution in [0.3, 0.4) is 0 Å². The molecule has 1 fully saturated rings. The molecule has 19 heavy (non-hydrogen) atoms. The number of piperidine rings is 1. The minimum atomic E-state index is 0.353. The number of furan rings is 1. The normalized spacial score (nSPS) is 18.0. The highest BCUT2D eigenvalue weighted by Gasteiger charge is 2.18. The predicted molar refractivity (Wildman–Crippen MR) is 76.7 cm³/mol. The smallest absolute Gasteiger partial charge is 0.134 e. The van der Waals surface area contributed by atoms with Gasteiger partial charge in [-0.1, -0.05) is 6.92 Å². The molecule has 0 unspecified atom stereocenters. The van der Waals surface area contributed by atoms with E-state index in [4.69, 9.17) is 9.15 Å². The lowest BCUT2D eigenvalue weighted by molar-refractivity contribution is 0.114. The molecule has 102 valence electrons. The van der Waals surface area contributed by atoms with Gasteiger partial charge in [0.2, 0.25) is 0 Å². The monoisotopic (exact) mass is 259 g/mol. The van der Waals surface area contributed by atoms with Crippen molar-refractivity contribution in [2.24, 2.45) is 0 Å². The van der Waals surface area contributed by atoms with Gasteiger partial charge in [-0.05, 0) is 44.2 Å². The molecule has 3 heteroatoms. The van der Waals surface area contributed by atoms with Crippen molar-refractivity contribution in [3.05, 3.63) is 30.0 Å². The number of likely N-dealkylation sites (tertiary alicyclic amines) is 1. The van der Waals surface area contributed by atoms with Gasteiger partial charge in [0, 0.05) is 24.9 Å². The molecule has 0 saturated carbocycles. The summed E-state index contributed by atoms with van der Waals surface area (Å²) in [4.78, 5) is 2.35. The van der Waals surface area contributed by atoms with Crippen molar-refractivity contribution in [1.29, 1.82) is 0 Å². The SMILES string of the molecule is CCc1cc2cc(OC3CCN(C)CC3)ccc2o1. The van der Waals surface area contributed by atoms with Gasteiger partial charge in [-0.2, -0.15) is 0 Å². The Balaban J connectivity index is 1.74. The summed E-state index contributed by atoms with van der Waals surface area (Å²) < 4.78 is 11.8. The summed E-state index contributed by atoms with van der Waals surface area (Å²) in [5.74, 6) is 2.00. The molecule has 3 nitrogen and oxygen atoms in total. The number of nitrogens with zero attached hydrogens (tertiary/aromatic N) is 1. The Morgan fingerprint density at radius 3 is 2.79 bits per heavy atom. The van der Waals surface area contributed by atoms with E-state index in [9.17, 15) is 0 Å². The maximum Gasteiger partial charge on any atom is 0.134 e. The molecule has 0 amide bonds. The maximum absolute atomic E-state index is 6.09. The molecule has 3 rings (SSSR count). The van der Waals surface area contributed by atoms with Gasteiger partial charge in [0.25, 0.3) is 0 Å². The van der Waals surface area contributed by atoms with E-state index >= 15 is 0 Å². The molecule has 1 aromatic heterocycles. The van der Waals surface area contributed by atoms with E-state index in [1.807, 2.05) is 12.1 Å². The van der Waals surface area contributed by atoms with Crippen molar-refractivity contribution in [3.63, 3.8) is 0 Å². The minimum Gasteiger partial charge on any atom is -0.490 e. The fraction of sp³-hybridized carbons (Fsp3) is 0.500. The molecule has 0 spiro atoms. The van der Waals surface area contributed by atoms with Gasteiger partial charge in [-0.25, -0.2) is 0 Å². The molecule has 0 bridgehead atoms. The second-order valence-electron chi connectivity index (χ2n) is 5.39. The van der Waals surface area contributed by atoms with Crippen molar-refractivity contribution in [3.8, 4) is 5.75 Å². The van der Waals surface area contributed by atoms with Gasteiger partial charge >= 0.3 is 0 Å². The average Bonchev–Trinajstić information content (AvgIpc) is 2.83. The van der Waals surface area contributed by atoms with Crippen molar-refractivity contribution < 1.29 is 9.15 Å². The number of benzene rings is 1. The number of aryl methyl sites for hydroxylation is 1. The molecule has 1 aliphatic rings. The zero-order chi connectivity index (χ0) is 13.2. The van der Waals surface area contributed by atoms with Crippen LogP contribution in [0.25, 0.3) is 11.0 Å². The zero-order valence-electron chi connectivity index (χ0n) is 11.7. The van der Waals surface area contributed by atoms with Crippen molar-refractivity contribution in [1.82, 2.24) is 4.90 Å². The van der Waals surface area contributed by atoms with Gasteiger partial charge in [-0.3, -0.25) is 0 Å². The minimum absolute atomic E-state index is 0.353. The van der Waals surface area contributed by atoms with Crippen LogP contribution < -0.4 is 4.74 Å². The Hall–Kier alpha value is -1.48. The van der Waals surface area contributed by atoms with Gasteiger partial charge in [0.15, 0.2) is 0 Å². The highest BCUT2D eigenvalue weighted by atomic mass is 16.5. The van der Waals surface area contributed by atoms with Crippen molar-refractivity contribution >= 4 is 11.0 Å². The molecule has 1 saturated heterocycles. The van der Waals surface area contributed by atoms with E-state index in [2.05, 4.69) is 31.0 Å². The number of rotatable bonds is 3. The van der Waals surface area contributed by atoms with E-state index < -0.39 is 0 Å². The molecule has 0 atom stereocenters. The highest BCUT2D eigenvalue weighted by molar-refractivity contribution is 5.79. The van der Waals surface area contributed by atoms with Gasteiger partial charge < -0.3 is 14.1 Å².